The Labute approximate surface area is 221 Å². The summed E-state index contributed by atoms with van der Waals surface area (Å²) in [5.41, 5.74) is -2.00. The van der Waals surface area contributed by atoms with Gasteiger partial charge in [-0.25, -0.2) is 19.3 Å². The van der Waals surface area contributed by atoms with Gasteiger partial charge in [0.2, 0.25) is 11.8 Å². The summed E-state index contributed by atoms with van der Waals surface area (Å²) in [6.45, 7) is -0.774. The highest BCUT2D eigenvalue weighted by Gasteiger charge is 2.56. The number of piperidine rings is 1. The molecule has 16 heteroatoms. The van der Waals surface area contributed by atoms with E-state index in [4.69, 9.17) is 9.47 Å². The molecule has 0 bridgehead atoms. The summed E-state index contributed by atoms with van der Waals surface area (Å²) < 4.78 is 25.1. The molecule has 0 radical (unpaired) electrons. The number of fused-ring (bicyclic) bond motifs is 1. The van der Waals surface area contributed by atoms with Gasteiger partial charge in [0.05, 0.1) is 11.2 Å². The van der Waals surface area contributed by atoms with Crippen molar-refractivity contribution in [2.45, 2.75) is 36.4 Å². The average molecular weight is 603 g/mol. The third kappa shape index (κ3) is 6.10. The molecule has 0 saturated carbocycles. The summed E-state index contributed by atoms with van der Waals surface area (Å²) in [5.74, 6) is -7.02. The Morgan fingerprint density at radius 1 is 1.03 bits per heavy atom. The first-order valence-electron chi connectivity index (χ1n) is 10.8. The maximum Gasteiger partial charge on any atom is 0.453 e. The molecule has 14 nitrogen and oxygen atoms in total. The Balaban J connectivity index is 1.70. The molecule has 0 spiro atoms. The molecule has 1 aliphatic heterocycles. The van der Waals surface area contributed by atoms with Gasteiger partial charge in [0.25, 0.3) is 0 Å². The van der Waals surface area contributed by atoms with Crippen LogP contribution in [-0.4, -0.2) is 93.0 Å². The fourth-order valence-electron chi connectivity index (χ4n) is 4.01. The van der Waals surface area contributed by atoms with Crippen molar-refractivity contribution in [1.29, 1.82) is 0 Å². The van der Waals surface area contributed by atoms with Gasteiger partial charge in [-0.05, 0) is 31.3 Å². The Morgan fingerprint density at radius 3 is 2.29 bits per heavy atom. The van der Waals surface area contributed by atoms with Crippen LogP contribution in [0, 0.1) is 5.82 Å². The molecule has 1 aromatic heterocycles. The zero-order chi connectivity index (χ0) is 28.1. The van der Waals surface area contributed by atoms with E-state index in [0.29, 0.717) is 9.37 Å². The SMILES string of the molecule is CN1C(O)(O)CC(O)(COc2cc3ncnc(Nc4ccc(Br)cc4F)c3cc2OC(O)(O)O)CC1(O)O. The molecule has 0 unspecified atom stereocenters. The number of benzene rings is 2. The molecule has 2 aromatic carbocycles. The van der Waals surface area contributed by atoms with Crippen LogP contribution in [0.25, 0.3) is 10.9 Å². The summed E-state index contributed by atoms with van der Waals surface area (Å²) in [7, 11) is 1.02. The maximum atomic E-state index is 14.4. The third-order valence-electron chi connectivity index (χ3n) is 5.84. The second-order valence-electron chi connectivity index (χ2n) is 8.94. The topological polar surface area (TPSA) is 221 Å². The molecule has 2 heterocycles. The minimum atomic E-state index is -3.67. The molecule has 9 N–H and O–H groups in total. The molecule has 0 aliphatic carbocycles. The number of hydrogen-bond acceptors (Lipinski definition) is 14. The van der Waals surface area contributed by atoms with E-state index in [1.165, 1.54) is 18.2 Å². The summed E-state index contributed by atoms with van der Waals surface area (Å²) in [6.07, 6.45) is -4.11. The number of aromatic nitrogens is 2. The van der Waals surface area contributed by atoms with Gasteiger partial charge in [0.1, 0.15) is 30.2 Å². The lowest BCUT2D eigenvalue weighted by molar-refractivity contribution is -0.422. The van der Waals surface area contributed by atoms with Crippen molar-refractivity contribution in [3.63, 3.8) is 0 Å². The van der Waals surface area contributed by atoms with Gasteiger partial charge in [0.15, 0.2) is 11.5 Å². The van der Waals surface area contributed by atoms with Crippen molar-refractivity contribution in [3.05, 3.63) is 46.9 Å². The number of hydrogen-bond donors (Lipinski definition) is 9. The van der Waals surface area contributed by atoms with Crippen molar-refractivity contribution >= 4 is 38.3 Å². The van der Waals surface area contributed by atoms with Crippen LogP contribution >= 0.6 is 15.9 Å². The van der Waals surface area contributed by atoms with Crippen molar-refractivity contribution in [2.75, 3.05) is 19.0 Å². The van der Waals surface area contributed by atoms with Gasteiger partial charge >= 0.3 is 6.16 Å². The largest absolute Gasteiger partial charge is 0.487 e. The van der Waals surface area contributed by atoms with Gasteiger partial charge in [-0.2, -0.15) is 0 Å². The van der Waals surface area contributed by atoms with Crippen molar-refractivity contribution in [1.82, 2.24) is 14.9 Å². The number of halogens is 2. The van der Waals surface area contributed by atoms with Crippen LogP contribution in [0.4, 0.5) is 15.9 Å². The summed E-state index contributed by atoms with van der Waals surface area (Å²) in [5, 5.41) is 82.5. The fourth-order valence-corrected chi connectivity index (χ4v) is 4.34. The van der Waals surface area contributed by atoms with Crippen molar-refractivity contribution in [3.8, 4) is 11.5 Å². The number of anilines is 2. The van der Waals surface area contributed by atoms with Crippen molar-refractivity contribution < 1.29 is 54.7 Å². The van der Waals surface area contributed by atoms with E-state index in [0.717, 1.165) is 19.4 Å². The van der Waals surface area contributed by atoms with E-state index in [1.54, 1.807) is 6.07 Å². The molecule has 3 aromatic rings. The number of nitrogens with zero attached hydrogens (tertiary/aromatic N) is 3. The van der Waals surface area contributed by atoms with Gasteiger partial charge in [-0.15, -0.1) is 0 Å². The Hall–Kier alpha value is -2.77. The zero-order valence-electron chi connectivity index (χ0n) is 19.6. The smallest absolute Gasteiger partial charge is 0.453 e. The summed E-state index contributed by atoms with van der Waals surface area (Å²) in [6, 6.07) is 6.58. The summed E-state index contributed by atoms with van der Waals surface area (Å²) in [4.78, 5) is 8.58. The van der Waals surface area contributed by atoms with E-state index < -0.39 is 54.6 Å². The quantitative estimate of drug-likeness (QED) is 0.153. The van der Waals surface area contributed by atoms with Crippen LogP contribution in [0.3, 0.4) is 0 Å². The first-order valence-corrected chi connectivity index (χ1v) is 11.6. The van der Waals surface area contributed by atoms with Crippen LogP contribution in [0.15, 0.2) is 41.1 Å². The van der Waals surface area contributed by atoms with E-state index in [1.807, 2.05) is 0 Å². The van der Waals surface area contributed by atoms with Gasteiger partial charge < -0.3 is 55.6 Å². The highest BCUT2D eigenvalue weighted by atomic mass is 79.9. The highest BCUT2D eigenvalue weighted by Crippen LogP contribution is 2.41. The molecule has 0 atom stereocenters. The first-order chi connectivity index (χ1) is 17.5. The molecule has 1 fully saturated rings. The molecule has 1 aliphatic rings. The molecular weight excluding hydrogens is 579 g/mol. The summed E-state index contributed by atoms with van der Waals surface area (Å²) >= 11 is 3.16. The second kappa shape index (κ2) is 9.76. The second-order valence-corrected chi connectivity index (χ2v) is 9.85. The molecule has 1 saturated heterocycles. The zero-order valence-corrected chi connectivity index (χ0v) is 21.2. The Kier molecular flexibility index (Phi) is 7.25. The number of nitrogens with one attached hydrogen (secondary N) is 1. The minimum absolute atomic E-state index is 0.0503. The Bertz CT molecular complexity index is 1340. The lowest BCUT2D eigenvalue weighted by Crippen LogP contribution is -2.69. The normalized spacial score (nSPS) is 18.8. The molecule has 206 valence electrons. The highest BCUT2D eigenvalue weighted by molar-refractivity contribution is 9.10. The minimum Gasteiger partial charge on any atom is -0.487 e. The van der Waals surface area contributed by atoms with Gasteiger partial charge in [-0.1, -0.05) is 15.9 Å². The molecule has 0 amide bonds. The standard InChI is InChI=1S/C22H24BrFN4O10/c1-28-20(30,31)7-19(29,8-21(28,32)33)9-37-16-6-15-12(5-17(16)38-22(34,35)36)18(26-10-25-15)27-14-3-2-11(23)4-13(14)24/h2-6,10,29-36H,7-9H2,1H3,(H,25,26,27). The number of aliphatic hydroxyl groups is 8. The lowest BCUT2D eigenvalue weighted by atomic mass is 9.87. The number of ether oxygens (including phenoxy) is 2. The van der Waals surface area contributed by atoms with Gasteiger partial charge in [-0.3, -0.25) is 0 Å². The first kappa shape index (κ1) is 28.2. The predicted octanol–water partition coefficient (Wildman–Crippen LogP) is -0.646. The van der Waals surface area contributed by atoms with Crippen LogP contribution in [0.1, 0.15) is 12.8 Å². The van der Waals surface area contributed by atoms with Crippen LogP contribution in [0.2, 0.25) is 0 Å². The monoisotopic (exact) mass is 602 g/mol. The van der Waals surface area contributed by atoms with E-state index in [-0.39, 0.29) is 28.2 Å². The van der Waals surface area contributed by atoms with Gasteiger partial charge in [0, 0.05) is 28.8 Å². The lowest BCUT2D eigenvalue weighted by Gasteiger charge is -2.50. The fraction of sp³-hybridized carbons (Fsp3) is 0.364. The Morgan fingerprint density at radius 2 is 1.68 bits per heavy atom. The van der Waals surface area contributed by atoms with Crippen LogP contribution in [-0.2, 0) is 0 Å². The van der Waals surface area contributed by atoms with E-state index in [2.05, 4.69) is 31.2 Å². The van der Waals surface area contributed by atoms with Crippen LogP contribution in [0.5, 0.6) is 11.5 Å². The van der Waals surface area contributed by atoms with Crippen molar-refractivity contribution in [2.24, 2.45) is 0 Å². The van der Waals surface area contributed by atoms with Crippen LogP contribution < -0.4 is 14.8 Å². The predicted molar refractivity (Wildman–Crippen MR) is 129 cm³/mol. The number of rotatable bonds is 7. The maximum absolute atomic E-state index is 14.4. The molecular formula is C22H24BrFN4O10. The van der Waals surface area contributed by atoms with E-state index in [9.17, 15) is 45.2 Å². The number of likely N-dealkylation sites (tertiary alicyclic amines) is 1. The third-order valence-corrected chi connectivity index (χ3v) is 6.33. The van der Waals surface area contributed by atoms with E-state index >= 15 is 0 Å². The molecule has 4 rings (SSSR count). The average Bonchev–Trinajstić information content (AvgIpc) is 2.77. The molecule has 38 heavy (non-hydrogen) atoms.